The van der Waals surface area contributed by atoms with Crippen molar-refractivity contribution in [1.82, 2.24) is 14.6 Å². The van der Waals surface area contributed by atoms with Gasteiger partial charge < -0.3 is 9.64 Å². The lowest BCUT2D eigenvalue weighted by atomic mass is 10.1. The van der Waals surface area contributed by atoms with Gasteiger partial charge in [0, 0.05) is 23.2 Å². The Morgan fingerprint density at radius 1 is 1.19 bits per heavy atom. The number of hydrogen-bond acceptors (Lipinski definition) is 5. The highest BCUT2D eigenvalue weighted by molar-refractivity contribution is 8.00. The number of hydrogen-bond donors (Lipinski definition) is 0. The first-order chi connectivity index (χ1) is 15.0. The number of rotatable bonds is 4. The summed E-state index contributed by atoms with van der Waals surface area (Å²) in [5.74, 6) is 0.865. The number of amides is 1. The summed E-state index contributed by atoms with van der Waals surface area (Å²) in [4.78, 5) is 15.4. The van der Waals surface area contributed by atoms with E-state index in [4.69, 9.17) is 4.74 Å². The Morgan fingerprint density at radius 3 is 2.81 bits per heavy atom. The van der Waals surface area contributed by atoms with Crippen LogP contribution in [0, 0.1) is 6.92 Å². The summed E-state index contributed by atoms with van der Waals surface area (Å²) in [5.41, 5.74) is 5.11. The average Bonchev–Trinajstić information content (AvgIpc) is 3.32. The average molecular weight is 433 g/mol. The van der Waals surface area contributed by atoms with Gasteiger partial charge in [-0.05, 0) is 62.6 Å². The largest absolute Gasteiger partial charge is 0.497 e. The number of anilines is 1. The molecule has 2 aromatic carbocycles. The molecule has 158 valence electrons. The Kier molecular flexibility index (Phi) is 4.85. The maximum Gasteiger partial charge on any atom is 0.240 e. The number of thioether (sulfide) groups is 1. The maximum absolute atomic E-state index is 13.4. The fourth-order valence-corrected chi connectivity index (χ4v) is 5.33. The highest BCUT2D eigenvalue weighted by atomic mass is 32.2. The zero-order valence-corrected chi connectivity index (χ0v) is 18.8. The van der Waals surface area contributed by atoms with Crippen molar-refractivity contribution in [2.24, 2.45) is 0 Å². The molecule has 0 radical (unpaired) electrons. The smallest absolute Gasteiger partial charge is 0.240 e. The van der Waals surface area contributed by atoms with Crippen LogP contribution in [0.2, 0.25) is 0 Å². The third-order valence-electron chi connectivity index (χ3n) is 5.95. The van der Waals surface area contributed by atoms with Crippen LogP contribution in [0.15, 0.2) is 53.7 Å². The van der Waals surface area contributed by atoms with Gasteiger partial charge in [0.15, 0.2) is 10.8 Å². The van der Waals surface area contributed by atoms with E-state index in [1.165, 1.54) is 17.3 Å². The van der Waals surface area contributed by atoms with Gasteiger partial charge in [0.25, 0.3) is 0 Å². The number of benzene rings is 2. The molecule has 7 heteroatoms. The summed E-state index contributed by atoms with van der Waals surface area (Å²) in [6.07, 6.45) is 0.886. The number of carbonyl (C=O) groups is 1. The van der Waals surface area contributed by atoms with Gasteiger partial charge in [-0.25, -0.2) is 0 Å². The fraction of sp³-hybridized carbons (Fsp3) is 0.292. The molecule has 6 nitrogen and oxygen atoms in total. The van der Waals surface area contributed by atoms with Crippen LogP contribution in [0.5, 0.6) is 5.75 Å². The van der Waals surface area contributed by atoms with Crippen molar-refractivity contribution >= 4 is 39.9 Å². The van der Waals surface area contributed by atoms with E-state index in [1.54, 1.807) is 7.11 Å². The number of para-hydroxylation sites is 1. The Morgan fingerprint density at radius 2 is 2.00 bits per heavy atom. The van der Waals surface area contributed by atoms with Gasteiger partial charge >= 0.3 is 0 Å². The summed E-state index contributed by atoms with van der Waals surface area (Å²) in [5, 5.41) is 10.3. The van der Waals surface area contributed by atoms with Gasteiger partial charge in [-0.15, -0.1) is 10.2 Å². The molecular formula is C24H24N4O2S. The SMILES string of the molecule is COc1ccc2c(C)cc3nnc(S[C@@H](C)C(=O)N4c5ccccc5C[C@H]4C)n3c2c1. The van der Waals surface area contributed by atoms with Gasteiger partial charge in [-0.2, -0.15) is 0 Å². The minimum atomic E-state index is -0.303. The summed E-state index contributed by atoms with van der Waals surface area (Å²) in [6, 6.07) is 16.3. The quantitative estimate of drug-likeness (QED) is 0.439. The van der Waals surface area contributed by atoms with E-state index in [9.17, 15) is 4.79 Å². The number of carbonyl (C=O) groups excluding carboxylic acids is 1. The number of pyridine rings is 1. The fourth-order valence-electron chi connectivity index (χ4n) is 4.41. The van der Waals surface area contributed by atoms with Crippen LogP contribution < -0.4 is 9.64 Å². The predicted octanol–water partition coefficient (Wildman–Crippen LogP) is 4.66. The highest BCUT2D eigenvalue weighted by Gasteiger charge is 2.34. The third kappa shape index (κ3) is 3.24. The van der Waals surface area contributed by atoms with Crippen LogP contribution in [0.4, 0.5) is 5.69 Å². The predicted molar refractivity (Wildman–Crippen MR) is 124 cm³/mol. The molecule has 31 heavy (non-hydrogen) atoms. The molecule has 0 fully saturated rings. The van der Waals surface area contributed by atoms with E-state index in [1.807, 2.05) is 52.6 Å². The zero-order chi connectivity index (χ0) is 21.7. The number of ether oxygens (including phenoxy) is 1. The second-order valence-electron chi connectivity index (χ2n) is 8.04. The normalized spacial score (nSPS) is 16.6. The van der Waals surface area contributed by atoms with E-state index in [2.05, 4.69) is 36.2 Å². The van der Waals surface area contributed by atoms with Crippen molar-refractivity contribution in [2.45, 2.75) is 43.6 Å². The van der Waals surface area contributed by atoms with Crippen molar-refractivity contribution in [3.8, 4) is 5.75 Å². The number of methoxy groups -OCH3 is 1. The Balaban J connectivity index is 1.52. The monoisotopic (exact) mass is 432 g/mol. The minimum absolute atomic E-state index is 0.0909. The molecule has 3 heterocycles. The highest BCUT2D eigenvalue weighted by Crippen LogP contribution is 2.35. The summed E-state index contributed by atoms with van der Waals surface area (Å²) in [7, 11) is 1.66. The standard InChI is InChI=1S/C24H24N4O2S/c1-14-11-22-25-26-24(28(22)21-13-18(30-4)9-10-19(14)21)31-16(3)23(29)27-15(2)12-17-7-5-6-8-20(17)27/h5-11,13,15-16H,12H2,1-4H3/t15-,16+/m1/s1. The molecule has 5 rings (SSSR count). The first-order valence-corrected chi connectivity index (χ1v) is 11.3. The summed E-state index contributed by atoms with van der Waals surface area (Å²) in [6.45, 7) is 6.11. The van der Waals surface area contributed by atoms with Gasteiger partial charge in [0.2, 0.25) is 5.91 Å². The minimum Gasteiger partial charge on any atom is -0.497 e. The van der Waals surface area contributed by atoms with Gasteiger partial charge in [0.05, 0.1) is 17.9 Å². The lowest BCUT2D eigenvalue weighted by Gasteiger charge is -2.25. The lowest BCUT2D eigenvalue weighted by Crippen LogP contribution is -2.40. The molecule has 2 atom stereocenters. The lowest BCUT2D eigenvalue weighted by molar-refractivity contribution is -0.118. The van der Waals surface area contributed by atoms with E-state index in [-0.39, 0.29) is 17.2 Å². The molecule has 0 aliphatic carbocycles. The Bertz CT molecular complexity index is 1320. The summed E-state index contributed by atoms with van der Waals surface area (Å²) < 4.78 is 7.45. The number of aromatic nitrogens is 3. The topological polar surface area (TPSA) is 59.7 Å². The van der Waals surface area contributed by atoms with Crippen LogP contribution in [0.25, 0.3) is 16.6 Å². The number of fused-ring (bicyclic) bond motifs is 4. The van der Waals surface area contributed by atoms with Crippen LogP contribution >= 0.6 is 11.8 Å². The second kappa shape index (κ2) is 7.57. The van der Waals surface area contributed by atoms with Crippen LogP contribution in [-0.2, 0) is 11.2 Å². The molecule has 1 amide bonds. The van der Waals surface area contributed by atoms with Gasteiger partial charge in [-0.3, -0.25) is 9.20 Å². The van der Waals surface area contributed by atoms with Crippen molar-refractivity contribution in [1.29, 1.82) is 0 Å². The van der Waals surface area contributed by atoms with Crippen LogP contribution in [0.3, 0.4) is 0 Å². The molecule has 0 saturated heterocycles. The van der Waals surface area contributed by atoms with E-state index in [0.29, 0.717) is 5.16 Å². The molecule has 1 aliphatic heterocycles. The van der Waals surface area contributed by atoms with E-state index < -0.39 is 0 Å². The molecule has 0 N–H and O–H groups in total. The van der Waals surface area contributed by atoms with Gasteiger partial charge in [0.1, 0.15) is 5.75 Å². The molecule has 0 spiro atoms. The molecule has 4 aromatic rings. The first-order valence-electron chi connectivity index (χ1n) is 10.4. The maximum atomic E-state index is 13.4. The van der Waals surface area contributed by atoms with Crippen molar-refractivity contribution in [3.05, 3.63) is 59.7 Å². The summed E-state index contributed by atoms with van der Waals surface area (Å²) >= 11 is 1.44. The van der Waals surface area contributed by atoms with Crippen molar-refractivity contribution in [3.63, 3.8) is 0 Å². The second-order valence-corrected chi connectivity index (χ2v) is 9.34. The molecule has 0 saturated carbocycles. The number of aryl methyl sites for hydroxylation is 1. The molecular weight excluding hydrogens is 408 g/mol. The Hall–Kier alpha value is -3.06. The van der Waals surface area contributed by atoms with E-state index >= 15 is 0 Å². The Labute approximate surface area is 185 Å². The zero-order valence-electron chi connectivity index (χ0n) is 18.0. The van der Waals surface area contributed by atoms with Gasteiger partial charge in [-0.1, -0.05) is 30.0 Å². The molecule has 1 aliphatic rings. The first kappa shape index (κ1) is 19.9. The number of nitrogens with zero attached hydrogens (tertiary/aromatic N) is 4. The molecule has 2 aromatic heterocycles. The van der Waals surface area contributed by atoms with Crippen molar-refractivity contribution < 1.29 is 9.53 Å². The third-order valence-corrected chi connectivity index (χ3v) is 6.98. The van der Waals surface area contributed by atoms with Crippen LogP contribution in [-0.4, -0.2) is 38.9 Å². The molecule has 0 unspecified atom stereocenters. The molecule has 0 bridgehead atoms. The van der Waals surface area contributed by atoms with Crippen LogP contribution in [0.1, 0.15) is 25.0 Å². The van der Waals surface area contributed by atoms with E-state index in [0.717, 1.165) is 40.0 Å². The van der Waals surface area contributed by atoms with Crippen molar-refractivity contribution in [2.75, 3.05) is 12.0 Å².